The Balaban J connectivity index is 1.64. The van der Waals surface area contributed by atoms with E-state index in [0.29, 0.717) is 45.2 Å². The first-order valence-corrected chi connectivity index (χ1v) is 18.9. The van der Waals surface area contributed by atoms with E-state index < -0.39 is 18.1 Å². The predicted molar refractivity (Wildman–Crippen MR) is 211 cm³/mol. The first kappa shape index (κ1) is 43.2. The van der Waals surface area contributed by atoms with E-state index in [2.05, 4.69) is 23.8 Å². The number of benzene rings is 3. The lowest BCUT2D eigenvalue weighted by atomic mass is 9.94. The topological polar surface area (TPSA) is 134 Å². The number of unbranched alkanes of at least 4 members (excludes halogenated alkanes) is 2. The average molecular weight is 740 g/mol. The third-order valence-corrected chi connectivity index (χ3v) is 9.04. The van der Waals surface area contributed by atoms with Gasteiger partial charge in [-0.2, -0.15) is 0 Å². The van der Waals surface area contributed by atoms with Gasteiger partial charge < -0.3 is 30.1 Å². The molecule has 0 saturated heterocycles. The second kappa shape index (κ2) is 25.7. The maximum atomic E-state index is 13.8. The van der Waals surface area contributed by atoms with E-state index in [4.69, 9.17) is 9.47 Å². The van der Waals surface area contributed by atoms with Crippen molar-refractivity contribution in [1.82, 2.24) is 15.5 Å². The van der Waals surface area contributed by atoms with Gasteiger partial charge in [0.25, 0.3) is 0 Å². The Morgan fingerprint density at radius 3 is 2.04 bits per heavy atom. The fourth-order valence-corrected chi connectivity index (χ4v) is 6.05. The van der Waals surface area contributed by atoms with Crippen LogP contribution in [0.5, 0.6) is 0 Å². The standard InChI is InChI=1S/C44H57N3O7/c1-3-5-9-25-39(30-35-19-10-6-11-20-35)43(51)53-34-40(26-16-17-27-45-44(52)54-33-37-23-14-8-15-24-37)46-42(50)38(18-4-2)31-41(49)47(28-29-48)32-36-21-12-7-13-22-36/h3-4,6-8,10-15,19-24,38-40,48H,1-2,5,9,16-18,25-34H2,(H,45,52)(H,46,50)/t38-,39+,40-/m0/s1. The van der Waals surface area contributed by atoms with Gasteiger partial charge in [0.15, 0.2) is 0 Å². The van der Waals surface area contributed by atoms with Gasteiger partial charge in [-0.15, -0.1) is 13.2 Å². The third-order valence-electron chi connectivity index (χ3n) is 9.04. The summed E-state index contributed by atoms with van der Waals surface area (Å²) in [6.07, 6.45) is 7.57. The van der Waals surface area contributed by atoms with Gasteiger partial charge in [-0.3, -0.25) is 14.4 Å². The van der Waals surface area contributed by atoms with Gasteiger partial charge in [-0.25, -0.2) is 4.79 Å². The van der Waals surface area contributed by atoms with Crippen molar-refractivity contribution in [2.75, 3.05) is 26.3 Å². The number of nitrogens with zero attached hydrogens (tertiary/aromatic N) is 1. The number of alkyl carbamates (subject to hydrolysis) is 1. The van der Waals surface area contributed by atoms with Crippen molar-refractivity contribution in [3.63, 3.8) is 0 Å². The highest BCUT2D eigenvalue weighted by Crippen LogP contribution is 2.19. The van der Waals surface area contributed by atoms with Crippen LogP contribution in [0.1, 0.15) is 68.1 Å². The predicted octanol–water partition coefficient (Wildman–Crippen LogP) is 6.93. The molecule has 0 saturated carbocycles. The second-order valence-corrected chi connectivity index (χ2v) is 13.4. The Morgan fingerprint density at radius 1 is 0.759 bits per heavy atom. The second-order valence-electron chi connectivity index (χ2n) is 13.4. The number of hydrogen-bond donors (Lipinski definition) is 3. The minimum absolute atomic E-state index is 0.0384. The van der Waals surface area contributed by atoms with Gasteiger partial charge in [0.1, 0.15) is 13.2 Å². The zero-order chi connectivity index (χ0) is 38.8. The highest BCUT2D eigenvalue weighted by Gasteiger charge is 2.27. The number of amides is 3. The summed E-state index contributed by atoms with van der Waals surface area (Å²) in [6, 6.07) is 28.2. The van der Waals surface area contributed by atoms with Crippen LogP contribution in [0.4, 0.5) is 4.79 Å². The first-order valence-electron chi connectivity index (χ1n) is 18.9. The molecule has 0 aliphatic carbocycles. The number of esters is 1. The monoisotopic (exact) mass is 739 g/mol. The van der Waals surface area contributed by atoms with Crippen LogP contribution in [0.3, 0.4) is 0 Å². The van der Waals surface area contributed by atoms with Crippen molar-refractivity contribution in [3.8, 4) is 0 Å². The highest BCUT2D eigenvalue weighted by molar-refractivity contribution is 5.86. The summed E-state index contributed by atoms with van der Waals surface area (Å²) in [5.74, 6) is -2.00. The first-order chi connectivity index (χ1) is 26.3. The van der Waals surface area contributed by atoms with Crippen LogP contribution in [-0.2, 0) is 43.4 Å². The molecule has 3 aromatic carbocycles. The van der Waals surface area contributed by atoms with E-state index in [0.717, 1.165) is 29.5 Å². The van der Waals surface area contributed by atoms with Crippen LogP contribution < -0.4 is 10.6 Å². The molecular weight excluding hydrogens is 682 g/mol. The van der Waals surface area contributed by atoms with E-state index in [1.165, 1.54) is 0 Å². The van der Waals surface area contributed by atoms with Gasteiger partial charge in [-0.05, 0) is 68.1 Å². The summed E-state index contributed by atoms with van der Waals surface area (Å²) in [5, 5.41) is 15.5. The Kier molecular flexibility index (Phi) is 20.6. The zero-order valence-corrected chi connectivity index (χ0v) is 31.4. The molecule has 3 amide bonds. The Labute approximate surface area is 320 Å². The van der Waals surface area contributed by atoms with Gasteiger partial charge in [0, 0.05) is 26.1 Å². The van der Waals surface area contributed by atoms with Crippen molar-refractivity contribution in [2.45, 2.75) is 77.0 Å². The van der Waals surface area contributed by atoms with Crippen molar-refractivity contribution in [3.05, 3.63) is 133 Å². The third kappa shape index (κ3) is 17.1. The van der Waals surface area contributed by atoms with Gasteiger partial charge in [0.2, 0.25) is 11.8 Å². The molecule has 0 heterocycles. The van der Waals surface area contributed by atoms with Crippen LogP contribution in [0.2, 0.25) is 0 Å². The molecular formula is C44H57N3O7. The molecule has 0 aliphatic rings. The number of allylic oxidation sites excluding steroid dienone is 2. The minimum Gasteiger partial charge on any atom is -0.463 e. The molecule has 290 valence electrons. The summed E-state index contributed by atoms with van der Waals surface area (Å²) in [4.78, 5) is 54.5. The van der Waals surface area contributed by atoms with Gasteiger partial charge in [-0.1, -0.05) is 103 Å². The molecule has 3 rings (SSSR count). The van der Waals surface area contributed by atoms with Crippen LogP contribution in [0.15, 0.2) is 116 Å². The molecule has 0 radical (unpaired) electrons. The Morgan fingerprint density at radius 2 is 1.41 bits per heavy atom. The van der Waals surface area contributed by atoms with Crippen molar-refractivity contribution in [2.24, 2.45) is 11.8 Å². The minimum atomic E-state index is -0.712. The fourth-order valence-electron chi connectivity index (χ4n) is 6.05. The molecule has 0 unspecified atom stereocenters. The molecule has 0 aromatic heterocycles. The van der Waals surface area contributed by atoms with Crippen LogP contribution in [0.25, 0.3) is 0 Å². The van der Waals surface area contributed by atoms with Crippen molar-refractivity contribution in [1.29, 1.82) is 0 Å². The smallest absolute Gasteiger partial charge is 0.407 e. The summed E-state index contributed by atoms with van der Waals surface area (Å²) in [5.41, 5.74) is 2.85. The number of aliphatic hydroxyl groups is 1. The SMILES string of the molecule is C=CCCC[C@H](Cc1ccccc1)C(=O)OC[C@H](CCCCNC(=O)OCc1ccccc1)NC(=O)[C@@H](CC=C)CC(=O)N(CCO)Cc1ccccc1. The lowest BCUT2D eigenvalue weighted by molar-refractivity contribution is -0.150. The molecule has 0 spiro atoms. The molecule has 0 bridgehead atoms. The van der Waals surface area contributed by atoms with Gasteiger partial charge >= 0.3 is 12.1 Å². The molecule has 54 heavy (non-hydrogen) atoms. The molecule has 10 nitrogen and oxygen atoms in total. The Bertz CT molecular complexity index is 1550. The maximum Gasteiger partial charge on any atom is 0.407 e. The normalized spacial score (nSPS) is 12.4. The van der Waals surface area contributed by atoms with Crippen LogP contribution >= 0.6 is 0 Å². The number of carbonyl (C=O) groups is 4. The van der Waals surface area contributed by atoms with E-state index in [-0.39, 0.29) is 62.9 Å². The summed E-state index contributed by atoms with van der Waals surface area (Å²) in [6.45, 7) is 8.36. The quantitative estimate of drug-likeness (QED) is 0.0462. The zero-order valence-electron chi connectivity index (χ0n) is 31.4. The fraction of sp³-hybridized carbons (Fsp3) is 0.409. The molecule has 3 atom stereocenters. The molecule has 0 aliphatic heterocycles. The maximum absolute atomic E-state index is 13.8. The number of carbonyl (C=O) groups excluding carboxylic acids is 4. The number of rotatable bonds is 26. The van der Waals surface area contributed by atoms with Crippen molar-refractivity contribution < 1.29 is 33.8 Å². The number of hydrogen-bond acceptors (Lipinski definition) is 7. The van der Waals surface area contributed by atoms with Crippen molar-refractivity contribution >= 4 is 23.9 Å². The summed E-state index contributed by atoms with van der Waals surface area (Å²) < 4.78 is 11.2. The van der Waals surface area contributed by atoms with E-state index in [9.17, 15) is 24.3 Å². The van der Waals surface area contributed by atoms with Crippen LogP contribution in [0, 0.1) is 11.8 Å². The average Bonchev–Trinajstić information content (AvgIpc) is 3.19. The molecule has 10 heteroatoms. The van der Waals surface area contributed by atoms with E-state index in [1.807, 2.05) is 97.1 Å². The van der Waals surface area contributed by atoms with E-state index >= 15 is 0 Å². The number of aliphatic hydroxyl groups excluding tert-OH is 1. The van der Waals surface area contributed by atoms with Gasteiger partial charge in [0.05, 0.1) is 24.5 Å². The van der Waals surface area contributed by atoms with Crippen LogP contribution in [-0.4, -0.2) is 66.2 Å². The lowest BCUT2D eigenvalue weighted by Crippen LogP contribution is -2.44. The largest absolute Gasteiger partial charge is 0.463 e. The van der Waals surface area contributed by atoms with E-state index in [1.54, 1.807) is 11.0 Å². The molecule has 3 aromatic rings. The number of ether oxygens (including phenoxy) is 2. The molecule has 0 fully saturated rings. The summed E-state index contributed by atoms with van der Waals surface area (Å²) >= 11 is 0. The number of nitrogens with one attached hydrogen (secondary N) is 2. The molecule has 3 N–H and O–H groups in total. The summed E-state index contributed by atoms with van der Waals surface area (Å²) in [7, 11) is 0. The Hall–Kier alpha value is -5.22. The lowest BCUT2D eigenvalue weighted by Gasteiger charge is -2.26. The highest BCUT2D eigenvalue weighted by atomic mass is 16.5.